The van der Waals surface area contributed by atoms with E-state index in [1.807, 2.05) is 0 Å². The van der Waals surface area contributed by atoms with Gasteiger partial charge in [-0.05, 0) is 12.1 Å². The molecule has 0 radical (unpaired) electrons. The molecule has 4 heteroatoms. The molecule has 1 rings (SSSR count). The van der Waals surface area contributed by atoms with Crippen LogP contribution in [0.4, 0.5) is 8.78 Å². The summed E-state index contributed by atoms with van der Waals surface area (Å²) in [6.07, 6.45) is 5.16. The molecule has 0 saturated heterocycles. The number of halogens is 3. The molecular formula is C10H8ClF2N. The Labute approximate surface area is 85.9 Å². The van der Waals surface area contributed by atoms with Crippen LogP contribution in [-0.4, -0.2) is 0 Å². The van der Waals surface area contributed by atoms with Crippen LogP contribution in [0.3, 0.4) is 0 Å². The lowest BCUT2D eigenvalue weighted by atomic mass is 10.0. The van der Waals surface area contributed by atoms with Crippen molar-refractivity contribution in [3.8, 4) is 12.3 Å². The summed E-state index contributed by atoms with van der Waals surface area (Å²) in [6.45, 7) is 0. The molecule has 74 valence electrons. The summed E-state index contributed by atoms with van der Waals surface area (Å²) in [7, 11) is 0. The molecule has 1 unspecified atom stereocenters. The van der Waals surface area contributed by atoms with Gasteiger partial charge in [0, 0.05) is 18.0 Å². The van der Waals surface area contributed by atoms with Gasteiger partial charge in [-0.2, -0.15) is 0 Å². The van der Waals surface area contributed by atoms with Gasteiger partial charge in [0.1, 0.15) is 11.6 Å². The Morgan fingerprint density at radius 1 is 1.43 bits per heavy atom. The maximum atomic E-state index is 13.2. The molecule has 0 bridgehead atoms. The average Bonchev–Trinajstić information content (AvgIpc) is 2.11. The van der Waals surface area contributed by atoms with Gasteiger partial charge in [0.2, 0.25) is 0 Å². The fourth-order valence-corrected chi connectivity index (χ4v) is 1.21. The molecule has 0 amide bonds. The van der Waals surface area contributed by atoms with E-state index in [4.69, 9.17) is 23.8 Å². The van der Waals surface area contributed by atoms with E-state index in [1.54, 1.807) is 0 Å². The predicted molar refractivity (Wildman–Crippen MR) is 51.7 cm³/mol. The molecule has 0 aliphatic rings. The van der Waals surface area contributed by atoms with E-state index in [2.05, 4.69) is 5.92 Å². The van der Waals surface area contributed by atoms with Crippen LogP contribution >= 0.6 is 11.6 Å². The maximum Gasteiger partial charge on any atom is 0.142 e. The molecule has 1 aromatic rings. The molecule has 14 heavy (non-hydrogen) atoms. The van der Waals surface area contributed by atoms with E-state index >= 15 is 0 Å². The normalized spacial score (nSPS) is 12.2. The monoisotopic (exact) mass is 215 g/mol. The number of rotatable bonds is 2. The Bertz CT molecular complexity index is 384. The molecular weight excluding hydrogens is 208 g/mol. The first-order valence-electron chi connectivity index (χ1n) is 3.89. The number of benzene rings is 1. The van der Waals surface area contributed by atoms with Gasteiger partial charge in [-0.3, -0.25) is 0 Å². The third kappa shape index (κ3) is 2.22. The highest BCUT2D eigenvalue weighted by molar-refractivity contribution is 6.30. The minimum absolute atomic E-state index is 0.0462. The van der Waals surface area contributed by atoms with Crippen molar-refractivity contribution in [3.63, 3.8) is 0 Å². The maximum absolute atomic E-state index is 13.2. The fraction of sp³-hybridized carbons (Fsp3) is 0.200. The summed E-state index contributed by atoms with van der Waals surface area (Å²) in [5, 5.41) is -0.265. The smallest absolute Gasteiger partial charge is 0.142 e. The van der Waals surface area contributed by atoms with E-state index in [1.165, 1.54) is 0 Å². The Morgan fingerprint density at radius 3 is 2.64 bits per heavy atom. The second kappa shape index (κ2) is 4.41. The van der Waals surface area contributed by atoms with E-state index in [-0.39, 0.29) is 17.0 Å². The van der Waals surface area contributed by atoms with Crippen molar-refractivity contribution in [1.29, 1.82) is 0 Å². The Balaban J connectivity index is 3.10. The van der Waals surface area contributed by atoms with E-state index in [0.717, 1.165) is 12.1 Å². The van der Waals surface area contributed by atoms with Crippen molar-refractivity contribution >= 4 is 11.6 Å². The Hall–Kier alpha value is -1.11. The van der Waals surface area contributed by atoms with E-state index in [9.17, 15) is 8.78 Å². The SMILES string of the molecule is C#CCC(N)c1cc(F)c(Cl)cc1F. The number of nitrogens with two attached hydrogens (primary N) is 1. The molecule has 0 aliphatic heterocycles. The lowest BCUT2D eigenvalue weighted by Gasteiger charge is -2.10. The van der Waals surface area contributed by atoms with Gasteiger partial charge in [0.05, 0.1) is 5.02 Å². The van der Waals surface area contributed by atoms with Crippen LogP contribution in [0.25, 0.3) is 0 Å². The van der Waals surface area contributed by atoms with Gasteiger partial charge in [0.25, 0.3) is 0 Å². The Kier molecular flexibility index (Phi) is 3.45. The molecule has 0 heterocycles. The molecule has 0 saturated carbocycles. The predicted octanol–water partition coefficient (Wildman–Crippen LogP) is 2.64. The first kappa shape index (κ1) is 11.0. The molecule has 1 atom stereocenters. The summed E-state index contributed by atoms with van der Waals surface area (Å²) in [5.74, 6) is 0.942. The van der Waals surface area contributed by atoms with Gasteiger partial charge >= 0.3 is 0 Å². The highest BCUT2D eigenvalue weighted by Crippen LogP contribution is 2.23. The van der Waals surface area contributed by atoms with Crippen molar-refractivity contribution in [2.24, 2.45) is 5.73 Å². The highest BCUT2D eigenvalue weighted by Gasteiger charge is 2.13. The average molecular weight is 216 g/mol. The van der Waals surface area contributed by atoms with Crippen LogP contribution in [0.5, 0.6) is 0 Å². The van der Waals surface area contributed by atoms with Gasteiger partial charge in [0.15, 0.2) is 0 Å². The van der Waals surface area contributed by atoms with Crippen molar-refractivity contribution in [1.82, 2.24) is 0 Å². The fourth-order valence-electron chi connectivity index (χ4n) is 1.06. The van der Waals surface area contributed by atoms with Crippen LogP contribution < -0.4 is 5.73 Å². The molecule has 2 N–H and O–H groups in total. The third-order valence-electron chi connectivity index (χ3n) is 1.78. The van der Waals surface area contributed by atoms with Gasteiger partial charge in [-0.25, -0.2) is 8.78 Å². The molecule has 0 aromatic heterocycles. The van der Waals surface area contributed by atoms with Gasteiger partial charge < -0.3 is 5.73 Å². The van der Waals surface area contributed by atoms with Crippen LogP contribution in [-0.2, 0) is 0 Å². The summed E-state index contributed by atoms with van der Waals surface area (Å²) in [6, 6.07) is 1.16. The second-order valence-electron chi connectivity index (χ2n) is 2.80. The molecule has 0 aliphatic carbocycles. The van der Waals surface area contributed by atoms with E-state index < -0.39 is 17.7 Å². The minimum Gasteiger partial charge on any atom is -0.323 e. The van der Waals surface area contributed by atoms with Crippen molar-refractivity contribution in [3.05, 3.63) is 34.4 Å². The van der Waals surface area contributed by atoms with Crippen molar-refractivity contribution in [2.45, 2.75) is 12.5 Å². The van der Waals surface area contributed by atoms with Crippen LogP contribution in [0.15, 0.2) is 12.1 Å². The van der Waals surface area contributed by atoms with E-state index in [0.29, 0.717) is 0 Å². The quantitative estimate of drug-likeness (QED) is 0.596. The standard InChI is InChI=1S/C10H8ClF2N/c1-2-3-10(14)6-4-9(13)7(11)5-8(6)12/h1,4-5,10H,3,14H2. The van der Waals surface area contributed by atoms with Crippen molar-refractivity contribution < 1.29 is 8.78 Å². The molecule has 0 fully saturated rings. The second-order valence-corrected chi connectivity index (χ2v) is 3.21. The zero-order valence-corrected chi connectivity index (χ0v) is 7.98. The topological polar surface area (TPSA) is 26.0 Å². The first-order valence-corrected chi connectivity index (χ1v) is 4.27. The van der Waals surface area contributed by atoms with Gasteiger partial charge in [-0.15, -0.1) is 12.3 Å². The number of hydrogen-bond acceptors (Lipinski definition) is 1. The van der Waals surface area contributed by atoms with Gasteiger partial charge in [-0.1, -0.05) is 11.6 Å². The number of terminal acetylenes is 1. The zero-order chi connectivity index (χ0) is 10.7. The largest absolute Gasteiger partial charge is 0.323 e. The summed E-state index contributed by atoms with van der Waals surface area (Å²) in [4.78, 5) is 0. The Morgan fingerprint density at radius 2 is 2.07 bits per heavy atom. The minimum atomic E-state index is -0.702. The summed E-state index contributed by atoms with van der Waals surface area (Å²) in [5.41, 5.74) is 5.58. The lowest BCUT2D eigenvalue weighted by Crippen LogP contribution is -2.11. The zero-order valence-electron chi connectivity index (χ0n) is 7.23. The van der Waals surface area contributed by atoms with Crippen LogP contribution in [0, 0.1) is 24.0 Å². The number of hydrogen-bond donors (Lipinski definition) is 1. The lowest BCUT2D eigenvalue weighted by molar-refractivity contribution is 0.565. The molecule has 0 spiro atoms. The van der Waals surface area contributed by atoms with Crippen LogP contribution in [0.1, 0.15) is 18.0 Å². The first-order chi connectivity index (χ1) is 6.56. The van der Waals surface area contributed by atoms with Crippen molar-refractivity contribution in [2.75, 3.05) is 0 Å². The highest BCUT2D eigenvalue weighted by atomic mass is 35.5. The molecule has 1 aromatic carbocycles. The molecule has 1 nitrogen and oxygen atoms in total. The third-order valence-corrected chi connectivity index (χ3v) is 2.07. The summed E-state index contributed by atoms with van der Waals surface area (Å²) < 4.78 is 26.2. The summed E-state index contributed by atoms with van der Waals surface area (Å²) >= 11 is 5.37. The van der Waals surface area contributed by atoms with Crippen LogP contribution in [0.2, 0.25) is 5.02 Å².